The summed E-state index contributed by atoms with van der Waals surface area (Å²) in [5, 5.41) is 15.5. The van der Waals surface area contributed by atoms with Gasteiger partial charge in [-0.2, -0.15) is 5.10 Å². The lowest BCUT2D eigenvalue weighted by molar-refractivity contribution is -0.136. The molecule has 39 heavy (non-hydrogen) atoms. The van der Waals surface area contributed by atoms with Gasteiger partial charge in [0.25, 0.3) is 0 Å². The van der Waals surface area contributed by atoms with Crippen LogP contribution in [0.2, 0.25) is 5.02 Å². The minimum atomic E-state index is -0.902. The molecule has 0 saturated heterocycles. The summed E-state index contributed by atoms with van der Waals surface area (Å²) in [6.45, 7) is 9.85. The van der Waals surface area contributed by atoms with Crippen LogP contribution in [0.3, 0.4) is 0 Å². The van der Waals surface area contributed by atoms with Gasteiger partial charge in [-0.3, -0.25) is 14.5 Å². The number of hydrogen-bond donors (Lipinski definition) is 1. The minimum Gasteiger partial charge on any atom is -0.487 e. The fourth-order valence-electron chi connectivity index (χ4n) is 4.60. The summed E-state index contributed by atoms with van der Waals surface area (Å²) in [6.07, 6.45) is 3.47. The summed E-state index contributed by atoms with van der Waals surface area (Å²) >= 11 is 7.90. The van der Waals surface area contributed by atoms with Crippen molar-refractivity contribution < 1.29 is 14.6 Å². The Morgan fingerprint density at radius 1 is 1.13 bits per heavy atom. The molecule has 200 valence electrons. The number of ether oxygens (including phenoxy) is 1. The van der Waals surface area contributed by atoms with Crippen molar-refractivity contribution in [1.29, 1.82) is 0 Å². The van der Waals surface area contributed by atoms with E-state index in [4.69, 9.17) is 21.3 Å². The van der Waals surface area contributed by atoms with E-state index in [1.165, 1.54) is 11.3 Å². The molecule has 0 bridgehead atoms. The van der Waals surface area contributed by atoms with E-state index in [-0.39, 0.29) is 6.42 Å². The molecule has 0 aliphatic heterocycles. The molecule has 0 fully saturated rings. The Kier molecular flexibility index (Phi) is 6.95. The summed E-state index contributed by atoms with van der Waals surface area (Å²) in [4.78, 5) is 21.5. The largest absolute Gasteiger partial charge is 0.487 e. The minimum absolute atomic E-state index is 0.123. The van der Waals surface area contributed by atoms with Crippen molar-refractivity contribution in [2.45, 2.75) is 46.6 Å². The number of pyridine rings is 1. The Morgan fingerprint density at radius 3 is 2.56 bits per heavy atom. The standard InChI is InChI=1S/C30H29ClN4O3S/c1-16-11-24-28(39-29(34-24)18-9-10-32-23(12-18)22-15-33-35(6)17(22)2)27(21(16)14-26(36)37)20-8-7-19(31)13-25(20)38-30(3,4)5/h7-13,15H,14H2,1-6H3,(H,36,37). The first-order valence-electron chi connectivity index (χ1n) is 12.5. The number of thiazole rings is 1. The van der Waals surface area contributed by atoms with Crippen molar-refractivity contribution in [3.05, 3.63) is 70.6 Å². The van der Waals surface area contributed by atoms with Gasteiger partial charge in [-0.05, 0) is 82.1 Å². The number of hydrogen-bond acceptors (Lipinski definition) is 6. The van der Waals surface area contributed by atoms with Gasteiger partial charge in [0.1, 0.15) is 16.4 Å². The van der Waals surface area contributed by atoms with Crippen LogP contribution in [-0.2, 0) is 18.3 Å². The number of rotatable bonds is 6. The van der Waals surface area contributed by atoms with E-state index in [1.54, 1.807) is 18.3 Å². The van der Waals surface area contributed by atoms with E-state index in [0.29, 0.717) is 10.8 Å². The molecule has 9 heteroatoms. The van der Waals surface area contributed by atoms with Crippen molar-refractivity contribution >= 4 is 39.1 Å². The molecule has 0 atom stereocenters. The smallest absolute Gasteiger partial charge is 0.307 e. The third kappa shape index (κ3) is 5.40. The Hall–Kier alpha value is -3.75. The van der Waals surface area contributed by atoms with Crippen molar-refractivity contribution in [2.24, 2.45) is 7.05 Å². The number of carbonyl (C=O) groups is 1. The van der Waals surface area contributed by atoms with Gasteiger partial charge in [-0.25, -0.2) is 4.98 Å². The van der Waals surface area contributed by atoms with Gasteiger partial charge in [0.2, 0.25) is 0 Å². The average Bonchev–Trinajstić information content (AvgIpc) is 3.42. The van der Waals surface area contributed by atoms with Gasteiger partial charge in [0, 0.05) is 46.2 Å². The maximum absolute atomic E-state index is 12.0. The first-order chi connectivity index (χ1) is 18.4. The summed E-state index contributed by atoms with van der Waals surface area (Å²) in [7, 11) is 1.91. The maximum Gasteiger partial charge on any atom is 0.307 e. The van der Waals surface area contributed by atoms with Crippen LogP contribution in [0.1, 0.15) is 37.6 Å². The van der Waals surface area contributed by atoms with Gasteiger partial charge >= 0.3 is 5.97 Å². The van der Waals surface area contributed by atoms with Crippen molar-refractivity contribution in [3.63, 3.8) is 0 Å². The van der Waals surface area contributed by atoms with Crippen molar-refractivity contribution in [3.8, 4) is 38.7 Å². The molecule has 7 nitrogen and oxygen atoms in total. The lowest BCUT2D eigenvalue weighted by Crippen LogP contribution is -2.23. The van der Waals surface area contributed by atoms with E-state index in [9.17, 15) is 9.90 Å². The summed E-state index contributed by atoms with van der Waals surface area (Å²) in [6, 6.07) is 11.4. The third-order valence-electron chi connectivity index (χ3n) is 6.49. The fourth-order valence-corrected chi connectivity index (χ4v) is 5.89. The third-order valence-corrected chi connectivity index (χ3v) is 7.86. The topological polar surface area (TPSA) is 90.1 Å². The number of carboxylic acid groups (broad SMARTS) is 1. The molecule has 5 rings (SSSR count). The second-order valence-electron chi connectivity index (χ2n) is 10.5. The molecular formula is C30H29ClN4O3S. The van der Waals surface area contributed by atoms with E-state index in [2.05, 4.69) is 10.1 Å². The Bertz CT molecular complexity index is 1730. The Labute approximate surface area is 236 Å². The SMILES string of the molecule is Cc1cc2nc(-c3ccnc(-c4cnn(C)c4C)c3)sc2c(-c2ccc(Cl)cc2OC(C)(C)C)c1CC(=O)O. The lowest BCUT2D eigenvalue weighted by atomic mass is 9.92. The molecule has 2 aromatic carbocycles. The number of aromatic nitrogens is 4. The van der Waals surface area contributed by atoms with Gasteiger partial charge in [-0.15, -0.1) is 11.3 Å². The van der Waals surface area contributed by atoms with Crippen LogP contribution < -0.4 is 4.74 Å². The second kappa shape index (κ2) is 10.1. The number of carboxylic acids is 1. The van der Waals surface area contributed by atoms with Crippen LogP contribution in [0, 0.1) is 13.8 Å². The zero-order valence-corrected chi connectivity index (χ0v) is 24.2. The van der Waals surface area contributed by atoms with Crippen LogP contribution in [0.15, 0.2) is 48.8 Å². The number of aliphatic carboxylic acids is 1. The van der Waals surface area contributed by atoms with Crippen molar-refractivity contribution in [2.75, 3.05) is 0 Å². The van der Waals surface area contributed by atoms with Gasteiger partial charge in [0.15, 0.2) is 0 Å². The highest BCUT2D eigenvalue weighted by molar-refractivity contribution is 7.22. The summed E-state index contributed by atoms with van der Waals surface area (Å²) in [5.74, 6) is -0.303. The van der Waals surface area contributed by atoms with Crippen LogP contribution in [-0.4, -0.2) is 36.4 Å². The predicted molar refractivity (Wildman–Crippen MR) is 157 cm³/mol. The number of halogens is 1. The molecule has 0 spiro atoms. The Morgan fingerprint density at radius 2 is 1.90 bits per heavy atom. The van der Waals surface area contributed by atoms with Gasteiger partial charge in [0.05, 0.1) is 28.5 Å². The average molecular weight is 561 g/mol. The maximum atomic E-state index is 12.0. The fraction of sp³-hybridized carbons (Fsp3) is 0.267. The van der Waals surface area contributed by atoms with E-state index < -0.39 is 11.6 Å². The quantitative estimate of drug-likeness (QED) is 0.231. The molecule has 0 aliphatic rings. The first-order valence-corrected chi connectivity index (χ1v) is 13.7. The van der Waals surface area contributed by atoms with Crippen LogP contribution in [0.25, 0.3) is 43.2 Å². The molecular weight excluding hydrogens is 532 g/mol. The second-order valence-corrected chi connectivity index (χ2v) is 12.0. The number of fused-ring (bicyclic) bond motifs is 1. The monoisotopic (exact) mass is 560 g/mol. The van der Waals surface area contributed by atoms with E-state index in [1.807, 2.05) is 76.8 Å². The molecule has 0 saturated carbocycles. The normalized spacial score (nSPS) is 11.8. The molecule has 5 aromatic rings. The molecule has 0 unspecified atom stereocenters. The predicted octanol–water partition coefficient (Wildman–Crippen LogP) is 7.50. The highest BCUT2D eigenvalue weighted by Gasteiger charge is 2.24. The van der Waals surface area contributed by atoms with E-state index in [0.717, 1.165) is 60.0 Å². The molecule has 1 N–H and O–H groups in total. The number of nitrogens with zero attached hydrogens (tertiary/aromatic N) is 4. The lowest BCUT2D eigenvalue weighted by Gasteiger charge is -2.24. The molecule has 0 aliphatic carbocycles. The number of benzene rings is 2. The first kappa shape index (κ1) is 26.8. The highest BCUT2D eigenvalue weighted by Crippen LogP contribution is 2.45. The summed E-state index contributed by atoms with van der Waals surface area (Å²) in [5.41, 5.74) is 7.23. The molecule has 3 aromatic heterocycles. The zero-order valence-electron chi connectivity index (χ0n) is 22.7. The van der Waals surface area contributed by atoms with Gasteiger partial charge in [-0.1, -0.05) is 11.6 Å². The van der Waals surface area contributed by atoms with Crippen LogP contribution in [0.5, 0.6) is 5.75 Å². The summed E-state index contributed by atoms with van der Waals surface area (Å²) < 4.78 is 9.04. The number of aryl methyl sites for hydroxylation is 2. The molecule has 0 amide bonds. The highest BCUT2D eigenvalue weighted by atomic mass is 35.5. The Balaban J connectivity index is 1.74. The van der Waals surface area contributed by atoms with Crippen LogP contribution >= 0.6 is 22.9 Å². The van der Waals surface area contributed by atoms with Crippen LogP contribution in [0.4, 0.5) is 0 Å². The zero-order chi connectivity index (χ0) is 28.1. The van der Waals surface area contributed by atoms with Crippen molar-refractivity contribution in [1.82, 2.24) is 19.7 Å². The van der Waals surface area contributed by atoms with Gasteiger partial charge < -0.3 is 9.84 Å². The van der Waals surface area contributed by atoms with E-state index >= 15 is 0 Å². The molecule has 3 heterocycles. The molecule has 0 radical (unpaired) electrons.